The first kappa shape index (κ1) is 18.1. The van der Waals surface area contributed by atoms with Gasteiger partial charge in [-0.15, -0.1) is 0 Å². The quantitative estimate of drug-likeness (QED) is 0.804. The predicted molar refractivity (Wildman–Crippen MR) is 93.0 cm³/mol. The van der Waals surface area contributed by atoms with Crippen molar-refractivity contribution in [1.29, 1.82) is 0 Å². The molecule has 0 aromatic heterocycles. The van der Waals surface area contributed by atoms with Crippen LogP contribution in [0.1, 0.15) is 17.3 Å². The Hall–Kier alpha value is -2.24. The summed E-state index contributed by atoms with van der Waals surface area (Å²) in [5.41, 5.74) is 0.710. The number of halogens is 2. The molecule has 0 spiro atoms. The molecule has 1 amide bonds. The molecule has 0 aliphatic rings. The third-order valence-corrected chi connectivity index (χ3v) is 3.53. The molecule has 0 aliphatic carbocycles. The van der Waals surface area contributed by atoms with E-state index < -0.39 is 18.0 Å². The number of rotatable bonds is 5. The molecule has 0 heterocycles. The predicted octanol–water partition coefficient (Wildman–Crippen LogP) is 4.19. The number of esters is 1. The molecule has 0 bridgehead atoms. The Balaban J connectivity index is 2.01. The Labute approximate surface area is 149 Å². The fourth-order valence-corrected chi connectivity index (χ4v) is 2.43. The van der Waals surface area contributed by atoms with E-state index in [0.29, 0.717) is 27.0 Å². The van der Waals surface area contributed by atoms with Crippen LogP contribution in [0.5, 0.6) is 5.75 Å². The number of hydrogen-bond donors (Lipinski definition) is 1. The highest BCUT2D eigenvalue weighted by Crippen LogP contribution is 2.22. The summed E-state index contributed by atoms with van der Waals surface area (Å²) in [7, 11) is 1.50. The standard InChI is InChI=1S/C17H15Cl2NO4/c1-10(16(21)20-14-8-12(18)7-13(19)9-14)24-17(22)11-4-3-5-15(6-11)23-2/h3-10H,1-2H3,(H,20,21). The zero-order valence-electron chi connectivity index (χ0n) is 13.0. The number of amides is 1. The maximum absolute atomic E-state index is 12.1. The summed E-state index contributed by atoms with van der Waals surface area (Å²) in [6, 6.07) is 11.1. The zero-order valence-corrected chi connectivity index (χ0v) is 14.5. The third-order valence-electron chi connectivity index (χ3n) is 3.09. The van der Waals surface area contributed by atoms with Crippen molar-refractivity contribution >= 4 is 40.8 Å². The topological polar surface area (TPSA) is 64.6 Å². The number of benzene rings is 2. The monoisotopic (exact) mass is 367 g/mol. The number of methoxy groups -OCH3 is 1. The lowest BCUT2D eigenvalue weighted by Gasteiger charge is -2.14. The second-order valence-electron chi connectivity index (χ2n) is 4.93. The van der Waals surface area contributed by atoms with Crippen LogP contribution in [0.3, 0.4) is 0 Å². The Morgan fingerprint density at radius 1 is 1.08 bits per heavy atom. The molecule has 1 unspecified atom stereocenters. The van der Waals surface area contributed by atoms with Gasteiger partial charge in [-0.05, 0) is 43.3 Å². The lowest BCUT2D eigenvalue weighted by molar-refractivity contribution is -0.123. The van der Waals surface area contributed by atoms with Gasteiger partial charge in [0.25, 0.3) is 5.91 Å². The van der Waals surface area contributed by atoms with Gasteiger partial charge in [-0.25, -0.2) is 4.79 Å². The highest BCUT2D eigenvalue weighted by atomic mass is 35.5. The van der Waals surface area contributed by atoms with Crippen LogP contribution < -0.4 is 10.1 Å². The van der Waals surface area contributed by atoms with Crippen LogP contribution in [0.4, 0.5) is 5.69 Å². The maximum atomic E-state index is 12.1. The molecule has 5 nitrogen and oxygen atoms in total. The molecule has 2 rings (SSSR count). The molecule has 0 radical (unpaired) electrons. The fraction of sp³-hybridized carbons (Fsp3) is 0.176. The van der Waals surface area contributed by atoms with Gasteiger partial charge in [0.2, 0.25) is 0 Å². The van der Waals surface area contributed by atoms with Crippen LogP contribution in [0.2, 0.25) is 10.0 Å². The fourth-order valence-electron chi connectivity index (χ4n) is 1.90. The van der Waals surface area contributed by atoms with E-state index in [2.05, 4.69) is 5.32 Å². The van der Waals surface area contributed by atoms with Gasteiger partial charge >= 0.3 is 5.97 Å². The van der Waals surface area contributed by atoms with E-state index in [1.165, 1.54) is 20.1 Å². The minimum absolute atomic E-state index is 0.291. The largest absolute Gasteiger partial charge is 0.497 e. The molecule has 0 aliphatic heterocycles. The maximum Gasteiger partial charge on any atom is 0.339 e. The summed E-state index contributed by atoms with van der Waals surface area (Å²) in [6.07, 6.45) is -0.999. The Bertz CT molecular complexity index is 744. The van der Waals surface area contributed by atoms with E-state index in [4.69, 9.17) is 32.7 Å². The van der Waals surface area contributed by atoms with E-state index in [1.807, 2.05) is 0 Å². The van der Waals surface area contributed by atoms with Crippen molar-refractivity contribution in [2.24, 2.45) is 0 Å². The van der Waals surface area contributed by atoms with E-state index >= 15 is 0 Å². The summed E-state index contributed by atoms with van der Waals surface area (Å²) in [5, 5.41) is 3.37. The number of ether oxygens (including phenoxy) is 2. The molecule has 0 saturated heterocycles. The second-order valence-corrected chi connectivity index (χ2v) is 5.80. The van der Waals surface area contributed by atoms with Gasteiger partial charge in [0, 0.05) is 15.7 Å². The van der Waals surface area contributed by atoms with Crippen molar-refractivity contribution in [1.82, 2.24) is 0 Å². The lowest BCUT2D eigenvalue weighted by Crippen LogP contribution is -2.30. The molecule has 24 heavy (non-hydrogen) atoms. The van der Waals surface area contributed by atoms with Crippen LogP contribution in [-0.2, 0) is 9.53 Å². The average Bonchev–Trinajstić information content (AvgIpc) is 2.53. The zero-order chi connectivity index (χ0) is 17.7. The van der Waals surface area contributed by atoms with Gasteiger partial charge in [0.05, 0.1) is 12.7 Å². The Kier molecular flexibility index (Phi) is 6.06. The van der Waals surface area contributed by atoms with Crippen LogP contribution >= 0.6 is 23.2 Å². The number of anilines is 1. The Morgan fingerprint density at radius 3 is 2.38 bits per heavy atom. The van der Waals surface area contributed by atoms with Crippen LogP contribution in [0.25, 0.3) is 0 Å². The van der Waals surface area contributed by atoms with Gasteiger partial charge in [-0.3, -0.25) is 4.79 Å². The molecule has 2 aromatic rings. The van der Waals surface area contributed by atoms with E-state index in [-0.39, 0.29) is 0 Å². The smallest absolute Gasteiger partial charge is 0.339 e. The second kappa shape index (κ2) is 8.04. The first-order chi connectivity index (χ1) is 11.4. The summed E-state index contributed by atoms with van der Waals surface area (Å²) in [4.78, 5) is 24.2. The summed E-state index contributed by atoms with van der Waals surface area (Å²) < 4.78 is 10.2. The van der Waals surface area contributed by atoms with Crippen molar-refractivity contribution < 1.29 is 19.1 Å². The molecule has 0 saturated carbocycles. The van der Waals surface area contributed by atoms with Gasteiger partial charge in [-0.1, -0.05) is 29.3 Å². The first-order valence-corrected chi connectivity index (χ1v) is 7.76. The van der Waals surface area contributed by atoms with Gasteiger partial charge in [0.1, 0.15) is 5.75 Å². The average molecular weight is 368 g/mol. The van der Waals surface area contributed by atoms with Crippen LogP contribution in [0.15, 0.2) is 42.5 Å². The lowest BCUT2D eigenvalue weighted by atomic mass is 10.2. The van der Waals surface area contributed by atoms with E-state index in [9.17, 15) is 9.59 Å². The summed E-state index contributed by atoms with van der Waals surface area (Å²) >= 11 is 11.7. The van der Waals surface area contributed by atoms with Crippen LogP contribution in [-0.4, -0.2) is 25.1 Å². The van der Waals surface area contributed by atoms with E-state index in [0.717, 1.165) is 0 Å². The number of carbonyl (C=O) groups excluding carboxylic acids is 2. The van der Waals surface area contributed by atoms with Crippen molar-refractivity contribution in [2.75, 3.05) is 12.4 Å². The summed E-state index contributed by atoms with van der Waals surface area (Å²) in [6.45, 7) is 1.47. The molecule has 1 atom stereocenters. The highest BCUT2D eigenvalue weighted by molar-refractivity contribution is 6.35. The van der Waals surface area contributed by atoms with E-state index in [1.54, 1.807) is 36.4 Å². The molecular weight excluding hydrogens is 353 g/mol. The summed E-state index contributed by atoms with van der Waals surface area (Å²) in [5.74, 6) is -0.597. The number of hydrogen-bond acceptors (Lipinski definition) is 4. The van der Waals surface area contributed by atoms with Crippen molar-refractivity contribution in [2.45, 2.75) is 13.0 Å². The normalized spacial score (nSPS) is 11.5. The van der Waals surface area contributed by atoms with Gasteiger partial charge < -0.3 is 14.8 Å². The van der Waals surface area contributed by atoms with Crippen molar-refractivity contribution in [3.05, 3.63) is 58.1 Å². The molecular formula is C17H15Cl2NO4. The van der Waals surface area contributed by atoms with Crippen molar-refractivity contribution in [3.63, 3.8) is 0 Å². The molecule has 126 valence electrons. The number of carbonyl (C=O) groups is 2. The van der Waals surface area contributed by atoms with Gasteiger partial charge in [-0.2, -0.15) is 0 Å². The molecule has 2 aromatic carbocycles. The minimum atomic E-state index is -0.999. The Morgan fingerprint density at radius 2 is 1.75 bits per heavy atom. The molecule has 7 heteroatoms. The SMILES string of the molecule is COc1cccc(C(=O)OC(C)C(=O)Nc2cc(Cl)cc(Cl)c2)c1. The first-order valence-electron chi connectivity index (χ1n) is 7.01. The molecule has 1 N–H and O–H groups in total. The third kappa shape index (κ3) is 4.88. The number of nitrogens with one attached hydrogen (secondary N) is 1. The van der Waals surface area contributed by atoms with Crippen LogP contribution in [0, 0.1) is 0 Å². The van der Waals surface area contributed by atoms with Crippen molar-refractivity contribution in [3.8, 4) is 5.75 Å². The minimum Gasteiger partial charge on any atom is -0.497 e. The molecule has 0 fully saturated rings. The van der Waals surface area contributed by atoms with Gasteiger partial charge in [0.15, 0.2) is 6.10 Å². The highest BCUT2D eigenvalue weighted by Gasteiger charge is 2.19.